The summed E-state index contributed by atoms with van der Waals surface area (Å²) in [6, 6.07) is 2.19. The molecular weight excluding hydrogens is 267 g/mol. The average Bonchev–Trinajstić information content (AvgIpc) is 2.96. The summed E-state index contributed by atoms with van der Waals surface area (Å²) in [5.74, 6) is 0.526. The van der Waals surface area contributed by atoms with E-state index in [-0.39, 0.29) is 11.2 Å². The van der Waals surface area contributed by atoms with Crippen LogP contribution in [0.5, 0.6) is 0 Å². The summed E-state index contributed by atoms with van der Waals surface area (Å²) in [4.78, 5) is 0. The lowest BCUT2D eigenvalue weighted by molar-refractivity contribution is 0.558. The molecule has 0 bridgehead atoms. The van der Waals surface area contributed by atoms with E-state index in [9.17, 15) is 4.39 Å². The summed E-state index contributed by atoms with van der Waals surface area (Å²) in [6.07, 6.45) is 2.43. The first-order valence-corrected chi connectivity index (χ1v) is 6.60. The van der Waals surface area contributed by atoms with E-state index in [0.717, 1.165) is 11.1 Å². The van der Waals surface area contributed by atoms with E-state index in [2.05, 4.69) is 42.8 Å². The van der Waals surface area contributed by atoms with Crippen molar-refractivity contribution in [2.24, 2.45) is 0 Å². The minimum atomic E-state index is -0.0747. The van der Waals surface area contributed by atoms with Gasteiger partial charge in [-0.1, -0.05) is 26.8 Å². The van der Waals surface area contributed by atoms with E-state index < -0.39 is 0 Å². The summed E-state index contributed by atoms with van der Waals surface area (Å²) in [7, 11) is 0. The van der Waals surface area contributed by atoms with Gasteiger partial charge in [0.1, 0.15) is 5.82 Å². The SMILES string of the molecule is Cc1c(C2CC2)cc(C(C)(C)C)c(Br)c1F. The van der Waals surface area contributed by atoms with Crippen LogP contribution in [0.3, 0.4) is 0 Å². The van der Waals surface area contributed by atoms with Crippen LogP contribution in [0.4, 0.5) is 4.39 Å². The molecule has 0 nitrogen and oxygen atoms in total. The number of rotatable bonds is 1. The molecule has 1 aliphatic rings. The summed E-state index contributed by atoms with van der Waals surface area (Å²) in [5, 5.41) is 0. The Morgan fingerprint density at radius 3 is 2.31 bits per heavy atom. The Morgan fingerprint density at radius 2 is 1.88 bits per heavy atom. The molecule has 0 N–H and O–H groups in total. The van der Waals surface area contributed by atoms with Crippen molar-refractivity contribution >= 4 is 15.9 Å². The summed E-state index contributed by atoms with van der Waals surface area (Å²) >= 11 is 3.40. The topological polar surface area (TPSA) is 0 Å². The van der Waals surface area contributed by atoms with Crippen LogP contribution in [0.15, 0.2) is 10.5 Å². The van der Waals surface area contributed by atoms with E-state index in [0.29, 0.717) is 10.4 Å². The largest absolute Gasteiger partial charge is 0.205 e. The fourth-order valence-corrected chi connectivity index (χ4v) is 3.11. The third-order valence-corrected chi connectivity index (χ3v) is 4.09. The van der Waals surface area contributed by atoms with Crippen LogP contribution in [-0.4, -0.2) is 0 Å². The molecule has 2 heteroatoms. The highest BCUT2D eigenvalue weighted by Gasteiger charge is 2.30. The van der Waals surface area contributed by atoms with Gasteiger partial charge in [-0.3, -0.25) is 0 Å². The van der Waals surface area contributed by atoms with Crippen LogP contribution < -0.4 is 0 Å². The Morgan fingerprint density at radius 1 is 1.31 bits per heavy atom. The molecule has 0 aliphatic heterocycles. The van der Waals surface area contributed by atoms with E-state index in [1.165, 1.54) is 18.4 Å². The number of halogens is 2. The Bertz CT molecular complexity index is 425. The second-order valence-electron chi connectivity index (χ2n) is 5.79. The first-order chi connectivity index (χ1) is 7.32. The van der Waals surface area contributed by atoms with Crippen molar-refractivity contribution in [1.29, 1.82) is 0 Å². The third-order valence-electron chi connectivity index (χ3n) is 3.32. The Kier molecular flexibility index (Phi) is 2.90. The third kappa shape index (κ3) is 2.04. The number of hydrogen-bond donors (Lipinski definition) is 0. The molecule has 0 spiro atoms. The van der Waals surface area contributed by atoms with E-state index in [1.807, 2.05) is 6.92 Å². The van der Waals surface area contributed by atoms with Crippen molar-refractivity contribution < 1.29 is 4.39 Å². The van der Waals surface area contributed by atoms with Crippen LogP contribution in [0.1, 0.15) is 56.2 Å². The Balaban J connectivity index is 2.62. The molecule has 0 aromatic heterocycles. The van der Waals surface area contributed by atoms with Crippen LogP contribution in [-0.2, 0) is 5.41 Å². The van der Waals surface area contributed by atoms with Gasteiger partial charge in [0.05, 0.1) is 4.47 Å². The molecular formula is C14H18BrF. The van der Waals surface area contributed by atoms with Gasteiger partial charge < -0.3 is 0 Å². The van der Waals surface area contributed by atoms with Crippen molar-refractivity contribution in [2.45, 2.75) is 51.9 Å². The Hall–Kier alpha value is -0.370. The summed E-state index contributed by atoms with van der Waals surface area (Å²) in [5.41, 5.74) is 3.10. The first-order valence-electron chi connectivity index (χ1n) is 5.81. The van der Waals surface area contributed by atoms with Gasteiger partial charge in [-0.15, -0.1) is 0 Å². The normalized spacial score (nSPS) is 16.6. The van der Waals surface area contributed by atoms with E-state index >= 15 is 0 Å². The molecule has 1 saturated carbocycles. The second-order valence-corrected chi connectivity index (χ2v) is 6.58. The van der Waals surface area contributed by atoms with Crippen molar-refractivity contribution in [1.82, 2.24) is 0 Å². The lowest BCUT2D eigenvalue weighted by atomic mass is 9.84. The molecule has 0 atom stereocenters. The zero-order valence-electron chi connectivity index (χ0n) is 10.3. The maximum absolute atomic E-state index is 14.1. The lowest BCUT2D eigenvalue weighted by Gasteiger charge is -2.23. The van der Waals surface area contributed by atoms with Gasteiger partial charge in [0.25, 0.3) is 0 Å². The van der Waals surface area contributed by atoms with Crippen LogP contribution in [0.2, 0.25) is 0 Å². The van der Waals surface area contributed by atoms with Crippen molar-refractivity contribution in [3.8, 4) is 0 Å². The quantitative estimate of drug-likeness (QED) is 0.675. The summed E-state index contributed by atoms with van der Waals surface area (Å²) in [6.45, 7) is 8.26. The summed E-state index contributed by atoms with van der Waals surface area (Å²) < 4.78 is 14.8. The molecule has 1 aromatic rings. The van der Waals surface area contributed by atoms with Crippen LogP contribution in [0.25, 0.3) is 0 Å². The highest BCUT2D eigenvalue weighted by Crippen LogP contribution is 2.45. The van der Waals surface area contributed by atoms with Gasteiger partial charge in [-0.2, -0.15) is 0 Å². The molecule has 1 fully saturated rings. The molecule has 1 aliphatic carbocycles. The highest BCUT2D eigenvalue weighted by molar-refractivity contribution is 9.10. The molecule has 0 unspecified atom stereocenters. The predicted molar refractivity (Wildman–Crippen MR) is 69.5 cm³/mol. The fraction of sp³-hybridized carbons (Fsp3) is 0.571. The first kappa shape index (κ1) is 12.1. The van der Waals surface area contributed by atoms with Gasteiger partial charge in [0.15, 0.2) is 0 Å². The zero-order valence-corrected chi connectivity index (χ0v) is 11.9. The number of hydrogen-bond acceptors (Lipinski definition) is 0. The van der Waals surface area contributed by atoms with Gasteiger partial charge in [0, 0.05) is 0 Å². The van der Waals surface area contributed by atoms with Crippen LogP contribution >= 0.6 is 15.9 Å². The van der Waals surface area contributed by atoms with Gasteiger partial charge in [-0.25, -0.2) is 4.39 Å². The molecule has 0 radical (unpaired) electrons. The number of benzene rings is 1. The smallest absolute Gasteiger partial charge is 0.140 e. The van der Waals surface area contributed by atoms with E-state index in [4.69, 9.17) is 0 Å². The maximum Gasteiger partial charge on any atom is 0.140 e. The van der Waals surface area contributed by atoms with Crippen molar-refractivity contribution in [3.63, 3.8) is 0 Å². The van der Waals surface area contributed by atoms with Crippen molar-refractivity contribution in [2.75, 3.05) is 0 Å². The molecule has 0 heterocycles. The molecule has 88 valence electrons. The highest BCUT2D eigenvalue weighted by atomic mass is 79.9. The fourth-order valence-electron chi connectivity index (χ4n) is 2.10. The van der Waals surface area contributed by atoms with E-state index in [1.54, 1.807) is 0 Å². The van der Waals surface area contributed by atoms with Crippen LogP contribution in [0, 0.1) is 12.7 Å². The predicted octanol–water partition coefficient (Wildman–Crippen LogP) is 5.07. The van der Waals surface area contributed by atoms with Gasteiger partial charge >= 0.3 is 0 Å². The lowest BCUT2D eigenvalue weighted by Crippen LogP contribution is -2.14. The van der Waals surface area contributed by atoms with Crippen molar-refractivity contribution in [3.05, 3.63) is 33.0 Å². The maximum atomic E-state index is 14.1. The standard InChI is InChI=1S/C14H18BrF/c1-8-10(9-5-6-9)7-11(14(2,3)4)12(15)13(8)16/h7,9H,5-6H2,1-4H3. The monoisotopic (exact) mass is 284 g/mol. The average molecular weight is 285 g/mol. The molecule has 0 saturated heterocycles. The van der Waals surface area contributed by atoms with Gasteiger partial charge in [0.2, 0.25) is 0 Å². The minimum absolute atomic E-state index is 0.0169. The second kappa shape index (κ2) is 3.83. The molecule has 16 heavy (non-hydrogen) atoms. The molecule has 1 aromatic carbocycles. The van der Waals surface area contributed by atoms with Gasteiger partial charge in [-0.05, 0) is 63.7 Å². The zero-order chi connectivity index (χ0) is 12.1. The molecule has 0 amide bonds. The Labute approximate surface area is 105 Å². The minimum Gasteiger partial charge on any atom is -0.205 e. The molecule has 2 rings (SSSR count).